The Balaban J connectivity index is 1.91. The van der Waals surface area contributed by atoms with E-state index in [1.807, 2.05) is 11.3 Å². The van der Waals surface area contributed by atoms with Gasteiger partial charge in [0.25, 0.3) is 0 Å². The summed E-state index contributed by atoms with van der Waals surface area (Å²) in [6.07, 6.45) is 11.0. The van der Waals surface area contributed by atoms with E-state index in [1.54, 1.807) is 0 Å². The van der Waals surface area contributed by atoms with Crippen LogP contribution in [0.4, 0.5) is 0 Å². The van der Waals surface area contributed by atoms with E-state index in [4.69, 9.17) is 0 Å². The molecule has 1 aliphatic rings. The molecule has 0 bridgehead atoms. The number of rotatable bonds is 8. The number of nitrogens with one attached hydrogen (secondary N) is 1. The van der Waals surface area contributed by atoms with Crippen molar-refractivity contribution in [3.05, 3.63) is 20.8 Å². The van der Waals surface area contributed by atoms with E-state index in [9.17, 15) is 0 Å². The molecule has 0 radical (unpaired) electrons. The Morgan fingerprint density at radius 2 is 2.00 bits per heavy atom. The normalized spacial score (nSPS) is 24.1. The molecule has 1 aromatic rings. The van der Waals surface area contributed by atoms with Crippen molar-refractivity contribution in [2.24, 2.45) is 11.8 Å². The molecular formula is C18H30BrNS. The first-order valence-corrected chi connectivity index (χ1v) is 10.4. The minimum absolute atomic E-state index is 0.669. The number of hydrogen-bond acceptors (Lipinski definition) is 2. The van der Waals surface area contributed by atoms with E-state index in [-0.39, 0.29) is 0 Å². The Morgan fingerprint density at radius 1 is 1.24 bits per heavy atom. The van der Waals surface area contributed by atoms with Crippen molar-refractivity contribution < 1.29 is 0 Å². The predicted octanol–water partition coefficient (Wildman–Crippen LogP) is 6.03. The Morgan fingerprint density at radius 3 is 2.57 bits per heavy atom. The van der Waals surface area contributed by atoms with E-state index >= 15 is 0 Å². The van der Waals surface area contributed by atoms with E-state index in [2.05, 4.69) is 46.5 Å². The molecule has 0 saturated heterocycles. The monoisotopic (exact) mass is 371 g/mol. The van der Waals surface area contributed by atoms with Crippen molar-refractivity contribution in [2.45, 2.75) is 71.3 Å². The second-order valence-corrected chi connectivity index (χ2v) is 8.38. The summed E-state index contributed by atoms with van der Waals surface area (Å²) in [5.74, 6) is 1.88. The summed E-state index contributed by atoms with van der Waals surface area (Å²) >= 11 is 5.60. The molecule has 0 aromatic carbocycles. The van der Waals surface area contributed by atoms with Gasteiger partial charge in [0.05, 0.1) is 0 Å². The van der Waals surface area contributed by atoms with Gasteiger partial charge < -0.3 is 5.32 Å². The molecule has 1 unspecified atom stereocenters. The van der Waals surface area contributed by atoms with Crippen molar-refractivity contribution in [3.8, 4) is 0 Å². The second kappa shape index (κ2) is 9.32. The van der Waals surface area contributed by atoms with Crippen LogP contribution in [0.2, 0.25) is 0 Å². The topological polar surface area (TPSA) is 12.0 Å². The maximum absolute atomic E-state index is 3.84. The largest absolute Gasteiger partial charge is 0.313 e. The van der Waals surface area contributed by atoms with Gasteiger partial charge in [-0.05, 0) is 71.4 Å². The Labute approximate surface area is 143 Å². The fourth-order valence-electron chi connectivity index (χ4n) is 3.69. The zero-order valence-electron chi connectivity index (χ0n) is 13.5. The molecule has 1 aliphatic carbocycles. The molecule has 21 heavy (non-hydrogen) atoms. The molecule has 1 heterocycles. The lowest BCUT2D eigenvalue weighted by molar-refractivity contribution is 0.213. The standard InChI is InChI=1S/C18H30BrNS/c1-3-5-14-6-8-15(9-7-14)17(20-11-4-2)13-18-16(19)10-12-21-18/h10,12,14-15,17,20H,3-9,11,13H2,1-2H3. The number of halogens is 1. The highest BCUT2D eigenvalue weighted by molar-refractivity contribution is 9.10. The lowest BCUT2D eigenvalue weighted by atomic mass is 9.76. The lowest BCUT2D eigenvalue weighted by Crippen LogP contribution is -2.40. The highest BCUT2D eigenvalue weighted by Gasteiger charge is 2.27. The maximum Gasteiger partial charge on any atom is 0.0314 e. The van der Waals surface area contributed by atoms with Gasteiger partial charge in [0.1, 0.15) is 0 Å². The van der Waals surface area contributed by atoms with Crippen LogP contribution in [0, 0.1) is 11.8 Å². The molecule has 1 saturated carbocycles. The van der Waals surface area contributed by atoms with Crippen molar-refractivity contribution in [1.29, 1.82) is 0 Å². The molecule has 0 amide bonds. The first-order chi connectivity index (χ1) is 10.2. The van der Waals surface area contributed by atoms with Crippen molar-refractivity contribution in [3.63, 3.8) is 0 Å². The molecule has 1 aromatic heterocycles. The van der Waals surface area contributed by atoms with Gasteiger partial charge in [-0.15, -0.1) is 11.3 Å². The fourth-order valence-corrected chi connectivity index (χ4v) is 5.27. The first-order valence-electron chi connectivity index (χ1n) is 8.69. The third kappa shape index (κ3) is 5.37. The Bertz CT molecular complexity index is 396. The molecule has 1 nitrogen and oxygen atoms in total. The average molecular weight is 372 g/mol. The molecule has 3 heteroatoms. The molecule has 1 N–H and O–H groups in total. The summed E-state index contributed by atoms with van der Waals surface area (Å²) < 4.78 is 1.30. The molecular weight excluding hydrogens is 342 g/mol. The quantitative estimate of drug-likeness (QED) is 0.588. The van der Waals surface area contributed by atoms with Crippen LogP contribution < -0.4 is 5.32 Å². The minimum Gasteiger partial charge on any atom is -0.313 e. The van der Waals surface area contributed by atoms with Crippen LogP contribution in [0.5, 0.6) is 0 Å². The van der Waals surface area contributed by atoms with Crippen LogP contribution in [0.1, 0.15) is 63.7 Å². The summed E-state index contributed by atoms with van der Waals surface area (Å²) in [4.78, 5) is 1.51. The Kier molecular flexibility index (Phi) is 7.76. The molecule has 2 rings (SSSR count). The van der Waals surface area contributed by atoms with Crippen molar-refractivity contribution in [2.75, 3.05) is 6.54 Å². The van der Waals surface area contributed by atoms with Crippen LogP contribution in [-0.4, -0.2) is 12.6 Å². The van der Waals surface area contributed by atoms with Crippen LogP contribution >= 0.6 is 27.3 Å². The highest BCUT2D eigenvalue weighted by Crippen LogP contribution is 2.35. The number of hydrogen-bond donors (Lipinski definition) is 1. The zero-order valence-corrected chi connectivity index (χ0v) is 15.9. The van der Waals surface area contributed by atoms with Gasteiger partial charge in [0, 0.05) is 15.4 Å². The summed E-state index contributed by atoms with van der Waals surface area (Å²) in [6, 6.07) is 2.86. The van der Waals surface area contributed by atoms with E-state index in [0.29, 0.717) is 6.04 Å². The van der Waals surface area contributed by atoms with Crippen LogP contribution in [-0.2, 0) is 6.42 Å². The van der Waals surface area contributed by atoms with Crippen molar-refractivity contribution in [1.82, 2.24) is 5.32 Å². The lowest BCUT2D eigenvalue weighted by Gasteiger charge is -2.34. The van der Waals surface area contributed by atoms with Crippen molar-refractivity contribution >= 4 is 27.3 Å². The van der Waals surface area contributed by atoms with E-state index in [0.717, 1.165) is 18.4 Å². The minimum atomic E-state index is 0.669. The molecule has 120 valence electrons. The number of thiophene rings is 1. The fraction of sp³-hybridized carbons (Fsp3) is 0.778. The molecule has 1 fully saturated rings. The summed E-state index contributed by atoms with van der Waals surface area (Å²) in [7, 11) is 0. The van der Waals surface area contributed by atoms with Crippen LogP contribution in [0.25, 0.3) is 0 Å². The van der Waals surface area contributed by atoms with E-state index < -0.39 is 0 Å². The summed E-state index contributed by atoms with van der Waals surface area (Å²) in [5, 5.41) is 6.04. The third-order valence-corrected chi connectivity index (χ3v) is 6.86. The molecule has 0 aliphatic heterocycles. The van der Waals surface area contributed by atoms with Crippen LogP contribution in [0.3, 0.4) is 0 Å². The Hall–Kier alpha value is 0.140. The van der Waals surface area contributed by atoms with Gasteiger partial charge in [-0.1, -0.05) is 39.5 Å². The zero-order chi connectivity index (χ0) is 15.1. The van der Waals surface area contributed by atoms with Gasteiger partial charge >= 0.3 is 0 Å². The first kappa shape index (κ1) is 17.5. The van der Waals surface area contributed by atoms with Gasteiger partial charge in [-0.2, -0.15) is 0 Å². The van der Waals surface area contributed by atoms with Gasteiger partial charge in [0.15, 0.2) is 0 Å². The van der Waals surface area contributed by atoms with Gasteiger partial charge in [-0.3, -0.25) is 0 Å². The van der Waals surface area contributed by atoms with Gasteiger partial charge in [-0.25, -0.2) is 0 Å². The average Bonchev–Trinajstić information content (AvgIpc) is 2.90. The summed E-state index contributed by atoms with van der Waals surface area (Å²) in [6.45, 7) is 5.75. The summed E-state index contributed by atoms with van der Waals surface area (Å²) in [5.41, 5.74) is 0. The SMILES string of the molecule is CCCNC(Cc1sccc1Br)C1CCC(CCC)CC1. The predicted molar refractivity (Wildman–Crippen MR) is 98.2 cm³/mol. The smallest absolute Gasteiger partial charge is 0.0314 e. The second-order valence-electron chi connectivity index (χ2n) is 6.53. The van der Waals surface area contributed by atoms with E-state index in [1.165, 1.54) is 60.7 Å². The molecule has 0 spiro atoms. The third-order valence-electron chi connectivity index (χ3n) is 4.91. The highest BCUT2D eigenvalue weighted by atomic mass is 79.9. The molecule has 1 atom stereocenters. The van der Waals surface area contributed by atoms with Gasteiger partial charge in [0.2, 0.25) is 0 Å². The van der Waals surface area contributed by atoms with Crippen LogP contribution in [0.15, 0.2) is 15.9 Å². The maximum atomic E-state index is 3.84.